The van der Waals surface area contributed by atoms with Crippen LogP contribution in [0.4, 0.5) is 0 Å². The Balaban J connectivity index is 2.99. The molecule has 0 atom stereocenters. The fraction of sp³-hybridized carbons (Fsp3) is 0.889. The van der Waals surface area contributed by atoms with Crippen molar-refractivity contribution in [2.24, 2.45) is 5.73 Å². The van der Waals surface area contributed by atoms with Gasteiger partial charge >= 0.3 is 5.97 Å². The molecule has 0 aromatic rings. The van der Waals surface area contributed by atoms with E-state index in [2.05, 4.69) is 0 Å². The summed E-state index contributed by atoms with van der Waals surface area (Å²) >= 11 is 0. The second kappa shape index (κ2) is 16.3. The predicted octanol–water partition coefficient (Wildman–Crippen LogP) is 4.80. The summed E-state index contributed by atoms with van der Waals surface area (Å²) in [4.78, 5) is 20.9. The summed E-state index contributed by atoms with van der Waals surface area (Å²) in [5, 5.41) is 8.52. The van der Waals surface area contributed by atoms with Gasteiger partial charge in [0.25, 0.3) is 0 Å². The monoisotopic (exact) mass is 313 g/mol. The second-order valence-corrected chi connectivity index (χ2v) is 6.31. The zero-order valence-electron chi connectivity index (χ0n) is 14.2. The van der Waals surface area contributed by atoms with Crippen LogP contribution in [0.1, 0.15) is 103 Å². The Bertz CT molecular complexity index is 252. The van der Waals surface area contributed by atoms with E-state index < -0.39 is 5.97 Å². The molecule has 4 heteroatoms. The number of carbonyl (C=O) groups is 2. The summed E-state index contributed by atoms with van der Waals surface area (Å²) in [5.74, 6) is -0.852. The fourth-order valence-electron chi connectivity index (χ4n) is 2.70. The van der Waals surface area contributed by atoms with E-state index in [0.29, 0.717) is 12.8 Å². The van der Waals surface area contributed by atoms with Gasteiger partial charge < -0.3 is 10.8 Å². The summed E-state index contributed by atoms with van der Waals surface area (Å²) in [6, 6.07) is 0. The average molecular weight is 313 g/mol. The molecule has 1 amide bonds. The third kappa shape index (κ3) is 18.9. The molecule has 3 N–H and O–H groups in total. The highest BCUT2D eigenvalue weighted by Crippen LogP contribution is 2.13. The first-order valence-corrected chi connectivity index (χ1v) is 9.13. The van der Waals surface area contributed by atoms with Crippen LogP contribution in [0.25, 0.3) is 0 Å². The maximum absolute atomic E-state index is 10.6. The van der Waals surface area contributed by atoms with Crippen molar-refractivity contribution in [1.29, 1.82) is 0 Å². The molecule has 0 fully saturated rings. The predicted molar refractivity (Wildman–Crippen MR) is 90.7 cm³/mol. The first kappa shape index (κ1) is 20.9. The van der Waals surface area contributed by atoms with Gasteiger partial charge in [-0.05, 0) is 12.8 Å². The Hall–Kier alpha value is -1.06. The number of carboxylic acid groups (broad SMARTS) is 1. The average Bonchev–Trinajstić information content (AvgIpc) is 2.46. The largest absolute Gasteiger partial charge is 0.481 e. The van der Waals surface area contributed by atoms with E-state index in [4.69, 9.17) is 10.8 Å². The van der Waals surface area contributed by atoms with Gasteiger partial charge in [-0.1, -0.05) is 77.0 Å². The minimum atomic E-state index is -0.673. The Morgan fingerprint density at radius 3 is 1.09 bits per heavy atom. The molecule has 0 aromatic carbocycles. The molecule has 0 radical (unpaired) electrons. The maximum atomic E-state index is 10.6. The fourth-order valence-corrected chi connectivity index (χ4v) is 2.70. The number of primary amides is 1. The number of carbonyl (C=O) groups excluding carboxylic acids is 1. The lowest BCUT2D eigenvalue weighted by molar-refractivity contribution is -0.137. The van der Waals surface area contributed by atoms with Gasteiger partial charge in [-0.3, -0.25) is 9.59 Å². The SMILES string of the molecule is NC(=O)CCCCCCCCCCCCCCCCC(=O)O. The molecule has 22 heavy (non-hydrogen) atoms. The van der Waals surface area contributed by atoms with Crippen molar-refractivity contribution in [2.45, 2.75) is 103 Å². The van der Waals surface area contributed by atoms with Crippen LogP contribution in [0.15, 0.2) is 0 Å². The van der Waals surface area contributed by atoms with Crippen molar-refractivity contribution < 1.29 is 14.7 Å². The molecule has 0 saturated carbocycles. The molecule has 0 saturated heterocycles. The van der Waals surface area contributed by atoms with Crippen LogP contribution >= 0.6 is 0 Å². The van der Waals surface area contributed by atoms with Gasteiger partial charge in [0.1, 0.15) is 0 Å². The summed E-state index contributed by atoms with van der Waals surface area (Å²) < 4.78 is 0. The Morgan fingerprint density at radius 1 is 0.545 bits per heavy atom. The number of carboxylic acids is 1. The van der Waals surface area contributed by atoms with Crippen molar-refractivity contribution in [1.82, 2.24) is 0 Å². The smallest absolute Gasteiger partial charge is 0.303 e. The number of nitrogens with two attached hydrogens (primary N) is 1. The van der Waals surface area contributed by atoms with Crippen molar-refractivity contribution in [2.75, 3.05) is 0 Å². The van der Waals surface area contributed by atoms with Gasteiger partial charge in [-0.15, -0.1) is 0 Å². The van der Waals surface area contributed by atoms with Gasteiger partial charge in [0.15, 0.2) is 0 Å². The summed E-state index contributed by atoms with van der Waals surface area (Å²) in [7, 11) is 0. The highest BCUT2D eigenvalue weighted by molar-refractivity contribution is 5.73. The van der Waals surface area contributed by atoms with Gasteiger partial charge in [-0.2, -0.15) is 0 Å². The lowest BCUT2D eigenvalue weighted by Crippen LogP contribution is -2.09. The minimum Gasteiger partial charge on any atom is -0.481 e. The van der Waals surface area contributed by atoms with Gasteiger partial charge in [0.2, 0.25) is 5.91 Å². The molecule has 0 aromatic heterocycles. The first-order valence-electron chi connectivity index (χ1n) is 9.13. The topological polar surface area (TPSA) is 80.4 Å². The second-order valence-electron chi connectivity index (χ2n) is 6.31. The maximum Gasteiger partial charge on any atom is 0.303 e. The van der Waals surface area contributed by atoms with E-state index in [-0.39, 0.29) is 5.91 Å². The van der Waals surface area contributed by atoms with Crippen molar-refractivity contribution >= 4 is 11.9 Å². The Morgan fingerprint density at radius 2 is 0.818 bits per heavy atom. The number of hydrogen-bond donors (Lipinski definition) is 2. The molecule has 0 aliphatic rings. The molecule has 0 aliphatic carbocycles. The van der Waals surface area contributed by atoms with Crippen LogP contribution in [0.3, 0.4) is 0 Å². The van der Waals surface area contributed by atoms with Crippen molar-refractivity contribution in [3.63, 3.8) is 0 Å². The van der Waals surface area contributed by atoms with Crippen LogP contribution in [0.5, 0.6) is 0 Å². The van der Waals surface area contributed by atoms with E-state index in [0.717, 1.165) is 25.7 Å². The van der Waals surface area contributed by atoms with Crippen molar-refractivity contribution in [3.05, 3.63) is 0 Å². The van der Waals surface area contributed by atoms with Gasteiger partial charge in [0, 0.05) is 12.8 Å². The standard InChI is InChI=1S/C18H35NO3/c19-17(20)15-13-11-9-7-5-3-1-2-4-6-8-10-12-14-16-18(21)22/h1-16H2,(H2,19,20)(H,21,22). The summed E-state index contributed by atoms with van der Waals surface area (Å²) in [6.45, 7) is 0. The summed E-state index contributed by atoms with van der Waals surface area (Å²) in [6.07, 6.45) is 17.7. The molecule has 0 bridgehead atoms. The lowest BCUT2D eigenvalue weighted by Gasteiger charge is -2.03. The van der Waals surface area contributed by atoms with E-state index >= 15 is 0 Å². The zero-order chi connectivity index (χ0) is 16.5. The molecule has 0 rings (SSSR count). The first-order chi connectivity index (χ1) is 10.6. The number of rotatable bonds is 17. The van der Waals surface area contributed by atoms with E-state index in [1.165, 1.54) is 64.2 Å². The molecule has 4 nitrogen and oxygen atoms in total. The van der Waals surface area contributed by atoms with E-state index in [9.17, 15) is 9.59 Å². The molecule has 0 unspecified atom stereocenters. The highest BCUT2D eigenvalue weighted by atomic mass is 16.4. The normalized spacial score (nSPS) is 10.7. The van der Waals surface area contributed by atoms with Crippen LogP contribution in [0, 0.1) is 0 Å². The van der Waals surface area contributed by atoms with Crippen LogP contribution in [-0.4, -0.2) is 17.0 Å². The third-order valence-corrected chi connectivity index (χ3v) is 4.06. The zero-order valence-corrected chi connectivity index (χ0v) is 14.2. The quantitative estimate of drug-likeness (QED) is 0.378. The molecule has 0 heterocycles. The van der Waals surface area contributed by atoms with Crippen LogP contribution < -0.4 is 5.73 Å². The van der Waals surface area contributed by atoms with Crippen molar-refractivity contribution in [3.8, 4) is 0 Å². The number of amides is 1. The van der Waals surface area contributed by atoms with Gasteiger partial charge in [0.05, 0.1) is 0 Å². The Labute approximate surface area is 135 Å². The van der Waals surface area contributed by atoms with E-state index in [1.807, 2.05) is 0 Å². The van der Waals surface area contributed by atoms with Crippen LogP contribution in [0.2, 0.25) is 0 Å². The molecule has 0 spiro atoms. The lowest BCUT2D eigenvalue weighted by atomic mass is 10.0. The highest BCUT2D eigenvalue weighted by Gasteiger charge is 1.97. The third-order valence-electron chi connectivity index (χ3n) is 4.06. The minimum absolute atomic E-state index is 0.179. The molecule has 130 valence electrons. The Kier molecular flexibility index (Phi) is 15.5. The number of aliphatic carboxylic acids is 1. The van der Waals surface area contributed by atoms with E-state index in [1.54, 1.807) is 0 Å². The summed E-state index contributed by atoms with van der Waals surface area (Å²) in [5.41, 5.74) is 5.10. The molecular weight excluding hydrogens is 278 g/mol. The number of unbranched alkanes of at least 4 members (excludes halogenated alkanes) is 13. The molecular formula is C18H35NO3. The van der Waals surface area contributed by atoms with Gasteiger partial charge in [-0.25, -0.2) is 0 Å². The van der Waals surface area contributed by atoms with Crippen LogP contribution in [-0.2, 0) is 9.59 Å². The molecule has 0 aliphatic heterocycles. The number of hydrogen-bond acceptors (Lipinski definition) is 2.